The number of amides is 1. The molecule has 3 saturated heterocycles. The Balaban J connectivity index is 1.47. The highest BCUT2D eigenvalue weighted by atomic mass is 32.2. The van der Waals surface area contributed by atoms with E-state index in [1.165, 1.54) is 4.90 Å². The number of carbonyl (C=O) groups is 1. The lowest BCUT2D eigenvalue weighted by molar-refractivity contribution is -0.384. The van der Waals surface area contributed by atoms with Gasteiger partial charge in [-0.2, -0.15) is 0 Å². The second kappa shape index (κ2) is 13.6. The second-order valence-electron chi connectivity index (χ2n) is 10.8. The van der Waals surface area contributed by atoms with Gasteiger partial charge in [0.2, 0.25) is 0 Å². The molecular formula is C28H35N3O11S. The van der Waals surface area contributed by atoms with E-state index in [0.717, 1.165) is 29.8 Å². The summed E-state index contributed by atoms with van der Waals surface area (Å²) in [5, 5.41) is 33.3. The number of fused-ring (bicyclic) bond motifs is 1. The van der Waals surface area contributed by atoms with Crippen LogP contribution in [0.2, 0.25) is 0 Å². The first kappa shape index (κ1) is 31.3. The largest absolute Gasteiger partial charge is 0.465 e. The van der Waals surface area contributed by atoms with Crippen molar-refractivity contribution in [2.24, 2.45) is 5.92 Å². The molecule has 5 rings (SSSR count). The van der Waals surface area contributed by atoms with Crippen molar-refractivity contribution in [1.29, 1.82) is 0 Å². The number of rotatable bonds is 12. The first-order valence-corrected chi connectivity index (χ1v) is 15.6. The normalized spacial score (nSPS) is 24.0. The monoisotopic (exact) mass is 621 g/mol. The number of nitro groups is 1. The maximum absolute atomic E-state index is 13.8. The minimum absolute atomic E-state index is 0.0724. The van der Waals surface area contributed by atoms with Crippen molar-refractivity contribution in [3.8, 4) is 0 Å². The topological polar surface area (TPSA) is 178 Å². The van der Waals surface area contributed by atoms with Gasteiger partial charge in [0.1, 0.15) is 0 Å². The summed E-state index contributed by atoms with van der Waals surface area (Å²) in [6, 6.07) is 11.6. The van der Waals surface area contributed by atoms with Crippen LogP contribution in [-0.4, -0.2) is 103 Å². The van der Waals surface area contributed by atoms with Crippen LogP contribution in [-0.2, 0) is 35.5 Å². The molecule has 0 bridgehead atoms. The molecule has 2 aromatic rings. The third kappa shape index (κ3) is 7.15. The van der Waals surface area contributed by atoms with E-state index in [9.17, 15) is 33.5 Å². The number of benzene rings is 2. The van der Waals surface area contributed by atoms with Crippen molar-refractivity contribution in [2.75, 3.05) is 33.0 Å². The summed E-state index contributed by atoms with van der Waals surface area (Å²) in [5.41, 5.74) is 0.454. The van der Waals surface area contributed by atoms with Gasteiger partial charge in [-0.1, -0.05) is 34.8 Å². The number of hydrogen-bond donors (Lipinski definition) is 2. The van der Waals surface area contributed by atoms with Crippen LogP contribution >= 0.6 is 0 Å². The lowest BCUT2D eigenvalue weighted by atomic mass is 9.93. The molecule has 0 aromatic heterocycles. The van der Waals surface area contributed by atoms with Crippen molar-refractivity contribution in [1.82, 2.24) is 9.37 Å². The lowest BCUT2D eigenvalue weighted by Crippen LogP contribution is -2.57. The zero-order valence-electron chi connectivity index (χ0n) is 23.3. The summed E-state index contributed by atoms with van der Waals surface area (Å²) < 4.78 is 45.0. The SMILES string of the molecule is O=C(O)N([C@H]1CO[C@H]2OCC[C@H]21)[C@@H](Cc1ccccc1)[C@H](O)CN(OC1CCOCC1)S(=O)(=O)c1ccc([N+](=O)[O-])cc1. The Morgan fingerprint density at radius 2 is 1.74 bits per heavy atom. The van der Waals surface area contributed by atoms with Crippen molar-refractivity contribution in [3.63, 3.8) is 0 Å². The zero-order chi connectivity index (χ0) is 30.6. The molecule has 1 amide bonds. The Morgan fingerprint density at radius 1 is 1.05 bits per heavy atom. The summed E-state index contributed by atoms with van der Waals surface area (Å²) in [4.78, 5) is 30.1. The van der Waals surface area contributed by atoms with E-state index in [2.05, 4.69) is 0 Å². The summed E-state index contributed by atoms with van der Waals surface area (Å²) in [6.45, 7) is 0.604. The first-order valence-electron chi connectivity index (χ1n) is 14.1. The van der Waals surface area contributed by atoms with Gasteiger partial charge in [0.25, 0.3) is 15.7 Å². The molecule has 0 saturated carbocycles. The van der Waals surface area contributed by atoms with Crippen LogP contribution in [0.5, 0.6) is 0 Å². The van der Waals surface area contributed by atoms with Gasteiger partial charge in [0.15, 0.2) is 6.29 Å². The van der Waals surface area contributed by atoms with Gasteiger partial charge in [0.05, 0.1) is 53.9 Å². The summed E-state index contributed by atoms with van der Waals surface area (Å²) in [6.07, 6.45) is -2.43. The maximum atomic E-state index is 13.8. The molecule has 3 fully saturated rings. The van der Waals surface area contributed by atoms with Gasteiger partial charge in [-0.3, -0.25) is 19.9 Å². The van der Waals surface area contributed by atoms with Crippen LogP contribution in [0.4, 0.5) is 10.5 Å². The molecule has 5 atom stereocenters. The number of hydrogen-bond acceptors (Lipinski definition) is 10. The predicted molar refractivity (Wildman–Crippen MR) is 149 cm³/mol. The number of nitro benzene ring substituents is 1. The van der Waals surface area contributed by atoms with Crippen LogP contribution in [0.3, 0.4) is 0 Å². The minimum atomic E-state index is -4.45. The number of hydroxylamine groups is 1. The Kier molecular flexibility index (Phi) is 9.91. The predicted octanol–water partition coefficient (Wildman–Crippen LogP) is 2.41. The number of aliphatic hydroxyl groups excluding tert-OH is 1. The molecule has 0 aliphatic carbocycles. The number of ether oxygens (including phenoxy) is 3. The Labute approximate surface area is 248 Å². The van der Waals surface area contributed by atoms with E-state index in [1.807, 2.05) is 6.07 Å². The van der Waals surface area contributed by atoms with Crippen molar-refractivity contribution in [2.45, 2.75) is 61.2 Å². The van der Waals surface area contributed by atoms with Gasteiger partial charge in [-0.15, -0.1) is 0 Å². The summed E-state index contributed by atoms with van der Waals surface area (Å²) >= 11 is 0. The maximum Gasteiger partial charge on any atom is 0.407 e. The van der Waals surface area contributed by atoms with Crippen molar-refractivity contribution >= 4 is 21.8 Å². The van der Waals surface area contributed by atoms with Crippen LogP contribution in [0.1, 0.15) is 24.8 Å². The highest BCUT2D eigenvalue weighted by Crippen LogP contribution is 2.36. The molecule has 43 heavy (non-hydrogen) atoms. The number of carboxylic acid groups (broad SMARTS) is 1. The number of sulfonamides is 1. The van der Waals surface area contributed by atoms with E-state index in [0.29, 0.717) is 43.6 Å². The van der Waals surface area contributed by atoms with E-state index in [4.69, 9.17) is 19.0 Å². The third-order valence-electron chi connectivity index (χ3n) is 8.06. The molecule has 2 N–H and O–H groups in total. The van der Waals surface area contributed by atoms with Crippen LogP contribution in [0.15, 0.2) is 59.5 Å². The first-order chi connectivity index (χ1) is 20.6. The molecule has 0 spiro atoms. The van der Waals surface area contributed by atoms with Gasteiger partial charge in [0, 0.05) is 31.3 Å². The van der Waals surface area contributed by atoms with Gasteiger partial charge in [-0.05, 0) is 43.4 Å². The number of aliphatic hydroxyl groups is 1. The minimum Gasteiger partial charge on any atom is -0.465 e. The molecule has 15 heteroatoms. The quantitative estimate of drug-likeness (QED) is 0.263. The fourth-order valence-electron chi connectivity index (χ4n) is 5.81. The van der Waals surface area contributed by atoms with Crippen LogP contribution in [0, 0.1) is 16.0 Å². The highest BCUT2D eigenvalue weighted by Gasteiger charge is 2.49. The van der Waals surface area contributed by atoms with Gasteiger partial charge >= 0.3 is 6.09 Å². The third-order valence-corrected chi connectivity index (χ3v) is 9.70. The molecule has 3 aliphatic rings. The molecule has 0 unspecified atom stereocenters. The summed E-state index contributed by atoms with van der Waals surface area (Å²) in [7, 11) is -4.45. The fourth-order valence-corrected chi connectivity index (χ4v) is 7.11. The van der Waals surface area contributed by atoms with E-state index in [-0.39, 0.29) is 29.5 Å². The molecule has 234 valence electrons. The Bertz CT molecular complexity index is 1360. The summed E-state index contributed by atoms with van der Waals surface area (Å²) in [5.74, 6) is -0.236. The highest BCUT2D eigenvalue weighted by molar-refractivity contribution is 7.89. The number of nitrogens with zero attached hydrogens (tertiary/aromatic N) is 3. The zero-order valence-corrected chi connectivity index (χ0v) is 24.2. The molecule has 3 heterocycles. The molecule has 0 radical (unpaired) electrons. The molecule has 2 aromatic carbocycles. The van der Waals surface area contributed by atoms with Gasteiger partial charge in [-0.25, -0.2) is 13.2 Å². The molecule has 14 nitrogen and oxygen atoms in total. The Hall–Kier alpha value is -3.18. The second-order valence-corrected chi connectivity index (χ2v) is 12.6. The fraction of sp³-hybridized carbons (Fsp3) is 0.536. The number of non-ortho nitro benzene ring substituents is 1. The van der Waals surface area contributed by atoms with E-state index < -0.39 is 58.2 Å². The Morgan fingerprint density at radius 3 is 2.40 bits per heavy atom. The molecular weight excluding hydrogens is 586 g/mol. The van der Waals surface area contributed by atoms with Crippen molar-refractivity contribution < 1.29 is 47.4 Å². The molecule has 3 aliphatic heterocycles. The van der Waals surface area contributed by atoms with Crippen LogP contribution in [0.25, 0.3) is 0 Å². The van der Waals surface area contributed by atoms with Crippen LogP contribution < -0.4 is 0 Å². The average Bonchev–Trinajstić information content (AvgIpc) is 3.62. The average molecular weight is 622 g/mol. The van der Waals surface area contributed by atoms with Crippen molar-refractivity contribution in [3.05, 3.63) is 70.3 Å². The van der Waals surface area contributed by atoms with E-state index in [1.54, 1.807) is 24.3 Å². The van der Waals surface area contributed by atoms with E-state index >= 15 is 0 Å². The van der Waals surface area contributed by atoms with Gasteiger partial charge < -0.3 is 24.4 Å². The standard InChI is InChI=1S/C28H35N3O11S/c32-26(17-29(42-21-10-13-39-14-11-21)43(37,38)22-8-6-20(7-9-22)31(35)36)24(16-19-4-2-1-3-5-19)30(28(33)34)25-18-41-27-23(25)12-15-40-27/h1-9,21,23-27,32H,10-18H2,(H,33,34)/t23-,24-,25-,26+,27+/m0/s1. The smallest absolute Gasteiger partial charge is 0.407 e. The lowest BCUT2D eigenvalue weighted by Gasteiger charge is -2.39.